The Morgan fingerprint density at radius 2 is 1.74 bits per heavy atom. The average molecular weight is 453 g/mol. The van der Waals surface area contributed by atoms with Crippen molar-refractivity contribution in [3.05, 3.63) is 99.7 Å². The van der Waals surface area contributed by atoms with Gasteiger partial charge in [0.2, 0.25) is 0 Å². The number of hydrogen-bond acceptors (Lipinski definition) is 4. The Morgan fingerprint density at radius 1 is 1.00 bits per heavy atom. The third-order valence-corrected chi connectivity index (χ3v) is 5.66. The van der Waals surface area contributed by atoms with E-state index in [-0.39, 0.29) is 11.7 Å². The highest BCUT2D eigenvalue weighted by atomic mass is 35.5. The van der Waals surface area contributed by atoms with Gasteiger partial charge in [0.15, 0.2) is 0 Å². The van der Waals surface area contributed by atoms with Gasteiger partial charge < -0.3 is 15.2 Å². The fourth-order valence-electron chi connectivity index (χ4n) is 3.42. The van der Waals surface area contributed by atoms with Gasteiger partial charge in [-0.05, 0) is 54.1 Å². The smallest absolute Gasteiger partial charge is 0.252 e. The molecule has 7 heteroatoms. The van der Waals surface area contributed by atoms with Gasteiger partial charge in [0.25, 0.3) is 5.91 Å². The summed E-state index contributed by atoms with van der Waals surface area (Å²) >= 11 is 12.9. The molecule has 0 saturated carbocycles. The number of phenolic OH excluding ortho intramolecular Hbond substituents is 1. The SMILES string of the molecule is COc1ccc(C(=O)NC(c2ccccc2Cl)c2cc(Cl)c3cccnc3c2O)cc1. The molecule has 5 nitrogen and oxygen atoms in total. The lowest BCUT2D eigenvalue weighted by molar-refractivity contribution is 0.0942. The Bertz CT molecular complexity index is 1260. The van der Waals surface area contributed by atoms with Crippen molar-refractivity contribution in [1.29, 1.82) is 0 Å². The number of hydrogen-bond donors (Lipinski definition) is 2. The van der Waals surface area contributed by atoms with Crippen molar-refractivity contribution in [2.45, 2.75) is 6.04 Å². The van der Waals surface area contributed by atoms with E-state index in [0.717, 1.165) is 0 Å². The lowest BCUT2D eigenvalue weighted by atomic mass is 9.95. The van der Waals surface area contributed by atoms with Crippen LogP contribution >= 0.6 is 23.2 Å². The van der Waals surface area contributed by atoms with E-state index in [1.807, 2.05) is 6.07 Å². The number of carbonyl (C=O) groups is 1. The van der Waals surface area contributed by atoms with Gasteiger partial charge in [-0.1, -0.05) is 41.4 Å². The highest BCUT2D eigenvalue weighted by molar-refractivity contribution is 6.35. The van der Waals surface area contributed by atoms with E-state index in [1.165, 1.54) is 0 Å². The summed E-state index contributed by atoms with van der Waals surface area (Å²) in [6.07, 6.45) is 1.57. The monoisotopic (exact) mass is 452 g/mol. The molecule has 0 aliphatic carbocycles. The second-order valence-electron chi connectivity index (χ2n) is 6.85. The number of methoxy groups -OCH3 is 1. The topological polar surface area (TPSA) is 71.5 Å². The van der Waals surface area contributed by atoms with Crippen LogP contribution in [0.25, 0.3) is 10.9 Å². The summed E-state index contributed by atoms with van der Waals surface area (Å²) in [5, 5.41) is 15.5. The number of phenols is 1. The van der Waals surface area contributed by atoms with Gasteiger partial charge in [-0.25, -0.2) is 0 Å². The van der Waals surface area contributed by atoms with Gasteiger partial charge in [0, 0.05) is 27.7 Å². The van der Waals surface area contributed by atoms with E-state index in [0.29, 0.717) is 43.4 Å². The minimum absolute atomic E-state index is 0.0695. The van der Waals surface area contributed by atoms with Crippen molar-refractivity contribution in [3.63, 3.8) is 0 Å². The molecule has 31 heavy (non-hydrogen) atoms. The summed E-state index contributed by atoms with van der Waals surface area (Å²) in [5.41, 5.74) is 1.79. The van der Waals surface area contributed by atoms with E-state index in [9.17, 15) is 9.90 Å². The maximum Gasteiger partial charge on any atom is 0.252 e. The highest BCUT2D eigenvalue weighted by Gasteiger charge is 2.25. The Kier molecular flexibility index (Phi) is 5.98. The fraction of sp³-hybridized carbons (Fsp3) is 0.0833. The van der Waals surface area contributed by atoms with Crippen molar-refractivity contribution in [2.75, 3.05) is 7.11 Å². The van der Waals surface area contributed by atoms with Gasteiger partial charge in [-0.2, -0.15) is 0 Å². The molecular formula is C24H18Cl2N2O3. The first-order valence-electron chi connectivity index (χ1n) is 9.45. The molecule has 1 amide bonds. The maximum absolute atomic E-state index is 13.0. The molecule has 156 valence electrons. The largest absolute Gasteiger partial charge is 0.505 e. The summed E-state index contributed by atoms with van der Waals surface area (Å²) in [6.45, 7) is 0. The normalized spacial score (nSPS) is 11.8. The first kappa shape index (κ1) is 21.0. The van der Waals surface area contributed by atoms with Gasteiger partial charge in [0.1, 0.15) is 17.0 Å². The molecule has 1 unspecified atom stereocenters. The van der Waals surface area contributed by atoms with Gasteiger partial charge in [0.05, 0.1) is 18.2 Å². The van der Waals surface area contributed by atoms with Crippen LogP contribution in [0.5, 0.6) is 11.5 Å². The lowest BCUT2D eigenvalue weighted by Gasteiger charge is -2.23. The van der Waals surface area contributed by atoms with E-state index in [4.69, 9.17) is 27.9 Å². The van der Waals surface area contributed by atoms with E-state index < -0.39 is 6.04 Å². The first-order chi connectivity index (χ1) is 15.0. The predicted molar refractivity (Wildman–Crippen MR) is 122 cm³/mol. The van der Waals surface area contributed by atoms with Gasteiger partial charge >= 0.3 is 0 Å². The minimum Gasteiger partial charge on any atom is -0.505 e. The Balaban J connectivity index is 1.82. The average Bonchev–Trinajstić information content (AvgIpc) is 2.80. The number of benzene rings is 3. The quantitative estimate of drug-likeness (QED) is 0.402. The first-order valence-corrected chi connectivity index (χ1v) is 10.2. The van der Waals surface area contributed by atoms with Crippen molar-refractivity contribution in [2.24, 2.45) is 0 Å². The molecule has 1 aromatic heterocycles. The number of ether oxygens (including phenoxy) is 1. The summed E-state index contributed by atoms with van der Waals surface area (Å²) in [4.78, 5) is 17.3. The summed E-state index contributed by atoms with van der Waals surface area (Å²) in [5.74, 6) is 0.230. The number of aromatic nitrogens is 1. The standard InChI is InChI=1S/C24H18Cl2N2O3/c1-31-15-10-8-14(9-11-15)24(30)28-21(16-5-2-3-7-19(16)25)18-13-20(26)17-6-4-12-27-22(17)23(18)29/h2-13,21,29H,1H3,(H,28,30). The van der Waals surface area contributed by atoms with Crippen LogP contribution in [0.2, 0.25) is 10.0 Å². The second kappa shape index (κ2) is 8.84. The van der Waals surface area contributed by atoms with Crippen LogP contribution in [0.4, 0.5) is 0 Å². The van der Waals surface area contributed by atoms with Crippen molar-refractivity contribution in [3.8, 4) is 11.5 Å². The molecule has 0 aliphatic rings. The third kappa shape index (κ3) is 4.15. The number of halogens is 2. The zero-order chi connectivity index (χ0) is 22.0. The molecule has 0 spiro atoms. The number of nitrogens with zero attached hydrogens (tertiary/aromatic N) is 1. The zero-order valence-electron chi connectivity index (χ0n) is 16.5. The predicted octanol–water partition coefficient (Wildman–Crippen LogP) is 5.78. The number of rotatable bonds is 5. The second-order valence-corrected chi connectivity index (χ2v) is 7.67. The van der Waals surface area contributed by atoms with Crippen LogP contribution in [0.15, 0.2) is 72.9 Å². The Labute approximate surface area is 189 Å². The van der Waals surface area contributed by atoms with E-state index in [1.54, 1.807) is 74.0 Å². The Morgan fingerprint density at radius 3 is 2.45 bits per heavy atom. The molecule has 0 bridgehead atoms. The molecular weight excluding hydrogens is 435 g/mol. The number of aromatic hydroxyl groups is 1. The molecule has 0 saturated heterocycles. The fourth-order valence-corrected chi connectivity index (χ4v) is 3.93. The number of amides is 1. The number of pyridine rings is 1. The molecule has 0 radical (unpaired) electrons. The minimum atomic E-state index is -0.757. The van der Waals surface area contributed by atoms with Crippen molar-refractivity contribution in [1.82, 2.24) is 10.3 Å². The van der Waals surface area contributed by atoms with Crippen molar-refractivity contribution >= 4 is 40.0 Å². The van der Waals surface area contributed by atoms with Crippen LogP contribution in [-0.2, 0) is 0 Å². The van der Waals surface area contributed by atoms with E-state index >= 15 is 0 Å². The zero-order valence-corrected chi connectivity index (χ0v) is 18.0. The molecule has 4 aromatic rings. The van der Waals surface area contributed by atoms with Crippen LogP contribution in [0, 0.1) is 0 Å². The van der Waals surface area contributed by atoms with Crippen LogP contribution in [0.1, 0.15) is 27.5 Å². The van der Waals surface area contributed by atoms with Crippen LogP contribution in [0.3, 0.4) is 0 Å². The molecule has 0 fully saturated rings. The van der Waals surface area contributed by atoms with Crippen LogP contribution < -0.4 is 10.1 Å². The summed E-state index contributed by atoms with van der Waals surface area (Å²) < 4.78 is 5.15. The Hall–Kier alpha value is -3.28. The molecule has 1 heterocycles. The van der Waals surface area contributed by atoms with E-state index in [2.05, 4.69) is 10.3 Å². The third-order valence-electron chi connectivity index (χ3n) is 5.00. The summed E-state index contributed by atoms with van der Waals surface area (Å²) in [7, 11) is 1.56. The van der Waals surface area contributed by atoms with Gasteiger partial charge in [-0.15, -0.1) is 0 Å². The number of fused-ring (bicyclic) bond motifs is 1. The van der Waals surface area contributed by atoms with Crippen molar-refractivity contribution < 1.29 is 14.6 Å². The number of carbonyl (C=O) groups excluding carboxylic acids is 1. The molecule has 2 N–H and O–H groups in total. The van der Waals surface area contributed by atoms with Crippen LogP contribution in [-0.4, -0.2) is 23.1 Å². The molecule has 1 atom stereocenters. The molecule has 4 rings (SSSR count). The molecule has 3 aromatic carbocycles. The molecule has 0 aliphatic heterocycles. The number of nitrogens with one attached hydrogen (secondary N) is 1. The lowest BCUT2D eigenvalue weighted by Crippen LogP contribution is -2.29. The van der Waals surface area contributed by atoms with Gasteiger partial charge in [-0.3, -0.25) is 9.78 Å². The highest BCUT2D eigenvalue weighted by Crippen LogP contribution is 2.40. The maximum atomic E-state index is 13.0. The summed E-state index contributed by atoms with van der Waals surface area (Å²) in [6, 6.07) is 18.2.